The normalized spacial score (nSPS) is 21.3. The molecule has 1 amide bonds. The van der Waals surface area contributed by atoms with Crippen molar-refractivity contribution in [2.45, 2.75) is 19.3 Å². The molecule has 1 atom stereocenters. The van der Waals surface area contributed by atoms with Crippen molar-refractivity contribution in [3.63, 3.8) is 0 Å². The summed E-state index contributed by atoms with van der Waals surface area (Å²) in [6.07, 6.45) is -1.36. The Morgan fingerprint density at radius 3 is 3.00 bits per heavy atom. The van der Waals surface area contributed by atoms with E-state index in [-0.39, 0.29) is 19.0 Å². The Kier molecular flexibility index (Phi) is 4.30. The Balaban J connectivity index is 2.48. The SMILES string of the molecule is [N-]=[N+]=NCC(=O)N1CCC[C@H](C(F)F)C1. The van der Waals surface area contributed by atoms with E-state index in [1.54, 1.807) is 0 Å². The van der Waals surface area contributed by atoms with Gasteiger partial charge in [-0.05, 0) is 18.4 Å². The zero-order chi connectivity index (χ0) is 11.3. The van der Waals surface area contributed by atoms with Gasteiger partial charge in [0.25, 0.3) is 0 Å². The van der Waals surface area contributed by atoms with E-state index in [9.17, 15) is 13.6 Å². The van der Waals surface area contributed by atoms with Gasteiger partial charge >= 0.3 is 0 Å². The molecule has 0 aromatic rings. The standard InChI is InChI=1S/C8H12F2N4O/c9-8(10)6-2-1-3-14(5-6)7(15)4-12-13-11/h6,8H,1-5H2/t6-/m0/s1. The van der Waals surface area contributed by atoms with Crippen molar-refractivity contribution >= 4 is 5.91 Å². The molecule has 0 spiro atoms. The van der Waals surface area contributed by atoms with Gasteiger partial charge in [0, 0.05) is 23.9 Å². The molecule has 0 bridgehead atoms. The number of likely N-dealkylation sites (tertiary alicyclic amines) is 1. The van der Waals surface area contributed by atoms with Gasteiger partial charge in [0.15, 0.2) is 0 Å². The Morgan fingerprint density at radius 1 is 1.67 bits per heavy atom. The van der Waals surface area contributed by atoms with E-state index in [0.29, 0.717) is 19.4 Å². The summed E-state index contributed by atoms with van der Waals surface area (Å²) < 4.78 is 24.8. The Labute approximate surface area is 85.7 Å². The molecule has 1 aliphatic rings. The number of azide groups is 1. The number of hydrogen-bond donors (Lipinski definition) is 0. The molecular formula is C8H12F2N4O. The fourth-order valence-corrected chi connectivity index (χ4v) is 1.63. The predicted octanol–water partition coefficient (Wildman–Crippen LogP) is 1.80. The van der Waals surface area contributed by atoms with Crippen LogP contribution in [-0.2, 0) is 4.79 Å². The van der Waals surface area contributed by atoms with E-state index < -0.39 is 12.3 Å². The Bertz CT molecular complexity index is 278. The van der Waals surface area contributed by atoms with Crippen molar-refractivity contribution in [2.75, 3.05) is 19.6 Å². The smallest absolute Gasteiger partial charge is 0.243 e. The van der Waals surface area contributed by atoms with Crippen molar-refractivity contribution in [3.8, 4) is 0 Å². The molecule has 0 radical (unpaired) electrons. The van der Waals surface area contributed by atoms with Crippen LogP contribution in [0, 0.1) is 5.92 Å². The van der Waals surface area contributed by atoms with Gasteiger partial charge in [-0.25, -0.2) is 8.78 Å². The first-order valence-electron chi connectivity index (χ1n) is 4.72. The molecule has 1 aliphatic heterocycles. The topological polar surface area (TPSA) is 69.1 Å². The van der Waals surface area contributed by atoms with Crippen LogP contribution in [0.5, 0.6) is 0 Å². The average molecular weight is 218 g/mol. The fourth-order valence-electron chi connectivity index (χ4n) is 1.63. The summed E-state index contributed by atoms with van der Waals surface area (Å²) in [5.41, 5.74) is 8.02. The molecule has 0 saturated carbocycles. The second-order valence-corrected chi connectivity index (χ2v) is 3.47. The van der Waals surface area contributed by atoms with Crippen LogP contribution >= 0.6 is 0 Å². The van der Waals surface area contributed by atoms with E-state index in [1.807, 2.05) is 0 Å². The van der Waals surface area contributed by atoms with Crippen LogP contribution in [0.15, 0.2) is 5.11 Å². The molecule has 5 nitrogen and oxygen atoms in total. The Morgan fingerprint density at radius 2 is 2.40 bits per heavy atom. The van der Waals surface area contributed by atoms with E-state index in [1.165, 1.54) is 4.90 Å². The van der Waals surface area contributed by atoms with Crippen LogP contribution < -0.4 is 0 Å². The predicted molar refractivity (Wildman–Crippen MR) is 49.3 cm³/mol. The summed E-state index contributed by atoms with van der Waals surface area (Å²) >= 11 is 0. The van der Waals surface area contributed by atoms with Gasteiger partial charge in [0.05, 0.1) is 0 Å². The van der Waals surface area contributed by atoms with Gasteiger partial charge in [-0.2, -0.15) is 0 Å². The van der Waals surface area contributed by atoms with E-state index in [2.05, 4.69) is 10.0 Å². The van der Waals surface area contributed by atoms with Crippen LogP contribution in [0.1, 0.15) is 12.8 Å². The molecule has 0 aromatic heterocycles. The minimum atomic E-state index is -2.39. The summed E-state index contributed by atoms with van der Waals surface area (Å²) in [4.78, 5) is 15.1. The van der Waals surface area contributed by atoms with Gasteiger partial charge in [-0.15, -0.1) is 0 Å². The third kappa shape index (κ3) is 3.36. The largest absolute Gasteiger partial charge is 0.342 e. The summed E-state index contributed by atoms with van der Waals surface area (Å²) in [7, 11) is 0. The maximum Gasteiger partial charge on any atom is 0.243 e. The maximum absolute atomic E-state index is 12.4. The van der Waals surface area contributed by atoms with Gasteiger partial charge in [-0.1, -0.05) is 5.11 Å². The number of hydrogen-bond acceptors (Lipinski definition) is 2. The average Bonchev–Trinajstić information content (AvgIpc) is 2.26. The lowest BCUT2D eigenvalue weighted by atomic mass is 9.98. The molecule has 0 unspecified atom stereocenters. The molecule has 7 heteroatoms. The van der Waals surface area contributed by atoms with Gasteiger partial charge < -0.3 is 4.90 Å². The number of alkyl halides is 2. The van der Waals surface area contributed by atoms with Crippen molar-refractivity contribution in [1.29, 1.82) is 0 Å². The van der Waals surface area contributed by atoms with Crippen LogP contribution in [-0.4, -0.2) is 36.9 Å². The van der Waals surface area contributed by atoms with Crippen molar-refractivity contribution in [3.05, 3.63) is 10.4 Å². The molecular weight excluding hydrogens is 206 g/mol. The third-order valence-corrected chi connectivity index (χ3v) is 2.44. The molecule has 1 fully saturated rings. The lowest BCUT2D eigenvalue weighted by Crippen LogP contribution is -2.42. The second-order valence-electron chi connectivity index (χ2n) is 3.47. The zero-order valence-electron chi connectivity index (χ0n) is 8.14. The van der Waals surface area contributed by atoms with Crippen molar-refractivity contribution < 1.29 is 13.6 Å². The minimum Gasteiger partial charge on any atom is -0.342 e. The summed E-state index contributed by atoms with van der Waals surface area (Å²) in [6.45, 7) is 0.257. The zero-order valence-corrected chi connectivity index (χ0v) is 8.14. The number of amides is 1. The quantitative estimate of drug-likeness (QED) is 0.404. The highest BCUT2D eigenvalue weighted by Crippen LogP contribution is 2.22. The van der Waals surface area contributed by atoms with Gasteiger partial charge in [0.1, 0.15) is 6.54 Å². The highest BCUT2D eigenvalue weighted by atomic mass is 19.3. The number of nitrogens with zero attached hydrogens (tertiary/aromatic N) is 4. The number of carbonyl (C=O) groups is 1. The second kappa shape index (κ2) is 5.50. The van der Waals surface area contributed by atoms with Crippen LogP contribution in [0.3, 0.4) is 0 Å². The molecule has 0 N–H and O–H groups in total. The summed E-state index contributed by atoms with van der Waals surface area (Å²) in [5.74, 6) is -1.12. The van der Waals surface area contributed by atoms with Crippen LogP contribution in [0.2, 0.25) is 0 Å². The van der Waals surface area contributed by atoms with E-state index in [0.717, 1.165) is 0 Å². The molecule has 1 heterocycles. The molecule has 0 aromatic carbocycles. The van der Waals surface area contributed by atoms with Crippen LogP contribution in [0.4, 0.5) is 8.78 Å². The number of carbonyl (C=O) groups excluding carboxylic acids is 1. The van der Waals surface area contributed by atoms with Gasteiger partial charge in [-0.3, -0.25) is 4.79 Å². The molecule has 84 valence electrons. The maximum atomic E-state index is 12.4. The molecule has 0 aliphatic carbocycles. The third-order valence-electron chi connectivity index (χ3n) is 2.44. The number of halogens is 2. The lowest BCUT2D eigenvalue weighted by Gasteiger charge is -2.32. The fraction of sp³-hybridized carbons (Fsp3) is 0.875. The van der Waals surface area contributed by atoms with E-state index in [4.69, 9.17) is 5.53 Å². The first kappa shape index (κ1) is 11.7. The van der Waals surface area contributed by atoms with Gasteiger partial charge in [0.2, 0.25) is 12.3 Å². The molecule has 15 heavy (non-hydrogen) atoms. The minimum absolute atomic E-state index is 0.0669. The van der Waals surface area contributed by atoms with Crippen LogP contribution in [0.25, 0.3) is 10.4 Å². The van der Waals surface area contributed by atoms with Crippen molar-refractivity contribution in [2.24, 2.45) is 11.0 Å². The monoisotopic (exact) mass is 218 g/mol. The van der Waals surface area contributed by atoms with E-state index >= 15 is 0 Å². The number of piperidine rings is 1. The highest BCUT2D eigenvalue weighted by Gasteiger charge is 2.28. The summed E-state index contributed by atoms with van der Waals surface area (Å²) in [5, 5.41) is 3.12. The number of rotatable bonds is 3. The Hall–Kier alpha value is -1.36. The molecule has 1 rings (SSSR count). The lowest BCUT2D eigenvalue weighted by molar-refractivity contribution is -0.132. The van der Waals surface area contributed by atoms with Crippen molar-refractivity contribution in [1.82, 2.24) is 4.90 Å². The highest BCUT2D eigenvalue weighted by molar-refractivity contribution is 5.78. The first-order chi connectivity index (χ1) is 7.15. The first-order valence-corrected chi connectivity index (χ1v) is 4.72. The molecule has 1 saturated heterocycles. The summed E-state index contributed by atoms with van der Waals surface area (Å²) in [6, 6.07) is 0.